The van der Waals surface area contributed by atoms with Gasteiger partial charge in [0, 0.05) is 25.9 Å². The van der Waals surface area contributed by atoms with Gasteiger partial charge in [0.2, 0.25) is 0 Å². The maximum absolute atomic E-state index is 11.1. The van der Waals surface area contributed by atoms with Gasteiger partial charge in [-0.25, -0.2) is 8.42 Å². The van der Waals surface area contributed by atoms with Gasteiger partial charge in [0.15, 0.2) is 0 Å². The van der Waals surface area contributed by atoms with Crippen LogP contribution in [0.15, 0.2) is 12.7 Å². The third-order valence-electron chi connectivity index (χ3n) is 1.96. The Morgan fingerprint density at radius 1 is 1.53 bits per heavy atom. The van der Waals surface area contributed by atoms with Crippen molar-refractivity contribution in [1.82, 2.24) is 4.90 Å². The maximum Gasteiger partial charge on any atom is 0.147 e. The number of hydrogen-bond acceptors (Lipinski definition) is 4. The minimum absolute atomic E-state index is 0.0755. The summed E-state index contributed by atoms with van der Waals surface area (Å²) in [4.78, 5) is 1.99. The van der Waals surface area contributed by atoms with Crippen molar-refractivity contribution in [1.29, 1.82) is 0 Å². The second-order valence-electron chi connectivity index (χ2n) is 3.97. The molecule has 0 aliphatic heterocycles. The van der Waals surface area contributed by atoms with Crippen LogP contribution in [0.3, 0.4) is 0 Å². The van der Waals surface area contributed by atoms with Gasteiger partial charge in [0.25, 0.3) is 0 Å². The Morgan fingerprint density at radius 3 is 2.53 bits per heavy atom. The van der Waals surface area contributed by atoms with Crippen molar-refractivity contribution in [3.63, 3.8) is 0 Å². The predicted molar refractivity (Wildman–Crippen MR) is 62.6 cm³/mol. The predicted octanol–water partition coefficient (Wildman–Crippen LogP) is 0.147. The van der Waals surface area contributed by atoms with E-state index in [4.69, 9.17) is 5.11 Å². The molecule has 0 radical (unpaired) electrons. The van der Waals surface area contributed by atoms with Crippen LogP contribution in [0.1, 0.15) is 6.92 Å². The van der Waals surface area contributed by atoms with Crippen LogP contribution in [0.2, 0.25) is 0 Å². The average molecular weight is 235 g/mol. The van der Waals surface area contributed by atoms with Gasteiger partial charge < -0.3 is 5.11 Å². The first-order valence-corrected chi connectivity index (χ1v) is 7.07. The van der Waals surface area contributed by atoms with E-state index in [0.717, 1.165) is 0 Å². The smallest absolute Gasteiger partial charge is 0.147 e. The number of aliphatic hydroxyl groups excluding tert-OH is 1. The zero-order chi connectivity index (χ0) is 11.9. The SMILES string of the molecule is C=CCN(CCO)CC(C)CS(C)(=O)=O. The molecule has 0 aromatic carbocycles. The molecule has 0 fully saturated rings. The fourth-order valence-electron chi connectivity index (χ4n) is 1.59. The Labute approximate surface area is 92.5 Å². The van der Waals surface area contributed by atoms with Crippen molar-refractivity contribution in [3.05, 3.63) is 12.7 Å². The summed E-state index contributed by atoms with van der Waals surface area (Å²) in [5.74, 6) is 0.262. The number of sulfone groups is 1. The quantitative estimate of drug-likeness (QED) is 0.608. The third kappa shape index (κ3) is 8.59. The van der Waals surface area contributed by atoms with Crippen LogP contribution in [0, 0.1) is 5.92 Å². The lowest BCUT2D eigenvalue weighted by atomic mass is 10.2. The lowest BCUT2D eigenvalue weighted by Crippen LogP contribution is -2.33. The molecule has 0 rings (SSSR count). The summed E-state index contributed by atoms with van der Waals surface area (Å²) >= 11 is 0. The van der Waals surface area contributed by atoms with E-state index in [2.05, 4.69) is 6.58 Å². The molecule has 0 heterocycles. The maximum atomic E-state index is 11.1. The number of aliphatic hydroxyl groups is 1. The first kappa shape index (κ1) is 14.6. The summed E-state index contributed by atoms with van der Waals surface area (Å²) in [5.41, 5.74) is 0. The molecule has 0 bridgehead atoms. The Balaban J connectivity index is 4.09. The van der Waals surface area contributed by atoms with E-state index >= 15 is 0 Å². The van der Waals surface area contributed by atoms with E-state index in [1.165, 1.54) is 6.26 Å². The molecule has 1 unspecified atom stereocenters. The third-order valence-corrected chi connectivity index (χ3v) is 3.14. The van der Waals surface area contributed by atoms with Gasteiger partial charge in [-0.15, -0.1) is 6.58 Å². The van der Waals surface area contributed by atoms with Crippen LogP contribution in [-0.2, 0) is 9.84 Å². The molecule has 1 atom stereocenters. The Morgan fingerprint density at radius 2 is 2.13 bits per heavy atom. The molecule has 0 aromatic heterocycles. The Bertz CT molecular complexity index is 274. The normalized spacial score (nSPS) is 14.1. The minimum Gasteiger partial charge on any atom is -0.395 e. The highest BCUT2D eigenvalue weighted by atomic mass is 32.2. The van der Waals surface area contributed by atoms with Gasteiger partial charge in [0.05, 0.1) is 12.4 Å². The Kier molecular flexibility index (Phi) is 6.80. The van der Waals surface area contributed by atoms with E-state index in [0.29, 0.717) is 19.6 Å². The first-order chi connectivity index (χ1) is 6.89. The minimum atomic E-state index is -2.91. The van der Waals surface area contributed by atoms with Crippen LogP contribution in [0.25, 0.3) is 0 Å². The summed E-state index contributed by atoms with van der Waals surface area (Å²) in [6.07, 6.45) is 3.00. The van der Waals surface area contributed by atoms with E-state index in [-0.39, 0.29) is 18.3 Å². The van der Waals surface area contributed by atoms with Gasteiger partial charge in [0.1, 0.15) is 9.84 Å². The summed E-state index contributed by atoms with van der Waals surface area (Å²) in [7, 11) is -2.91. The van der Waals surface area contributed by atoms with Gasteiger partial charge in [-0.3, -0.25) is 4.90 Å². The van der Waals surface area contributed by atoms with Gasteiger partial charge >= 0.3 is 0 Å². The number of nitrogens with zero attached hydrogens (tertiary/aromatic N) is 1. The highest BCUT2D eigenvalue weighted by molar-refractivity contribution is 7.90. The molecule has 15 heavy (non-hydrogen) atoms. The standard InChI is InChI=1S/C10H21NO3S/c1-4-5-11(6-7-12)8-10(2)9-15(3,13)14/h4,10,12H,1,5-9H2,2-3H3. The Hall–Kier alpha value is -0.390. The molecule has 0 saturated carbocycles. The molecule has 0 aliphatic carbocycles. The van der Waals surface area contributed by atoms with Crippen molar-refractivity contribution in [2.24, 2.45) is 5.92 Å². The summed E-state index contributed by atoms with van der Waals surface area (Å²) < 4.78 is 22.1. The van der Waals surface area contributed by atoms with Crippen LogP contribution < -0.4 is 0 Å². The van der Waals surface area contributed by atoms with Crippen molar-refractivity contribution < 1.29 is 13.5 Å². The summed E-state index contributed by atoms with van der Waals surface area (Å²) in [6.45, 7) is 7.50. The molecule has 4 nitrogen and oxygen atoms in total. The molecule has 90 valence electrons. The monoisotopic (exact) mass is 235 g/mol. The number of rotatable bonds is 8. The van der Waals surface area contributed by atoms with E-state index in [9.17, 15) is 8.42 Å². The fraction of sp³-hybridized carbons (Fsp3) is 0.800. The zero-order valence-corrected chi connectivity index (χ0v) is 10.3. The van der Waals surface area contributed by atoms with Crippen LogP contribution in [-0.4, -0.2) is 56.7 Å². The van der Waals surface area contributed by atoms with Crippen LogP contribution >= 0.6 is 0 Å². The molecule has 0 aliphatic rings. The fourth-order valence-corrected chi connectivity index (χ4v) is 2.73. The lowest BCUT2D eigenvalue weighted by Gasteiger charge is -2.23. The molecule has 5 heteroatoms. The highest BCUT2D eigenvalue weighted by Crippen LogP contribution is 2.03. The largest absolute Gasteiger partial charge is 0.395 e. The van der Waals surface area contributed by atoms with Crippen molar-refractivity contribution in [3.8, 4) is 0 Å². The molecule has 1 N–H and O–H groups in total. The molecule has 0 saturated heterocycles. The average Bonchev–Trinajstić information content (AvgIpc) is 2.00. The van der Waals surface area contributed by atoms with Crippen molar-refractivity contribution in [2.45, 2.75) is 6.92 Å². The topological polar surface area (TPSA) is 57.6 Å². The van der Waals surface area contributed by atoms with Crippen molar-refractivity contribution in [2.75, 3.05) is 38.2 Å². The first-order valence-electron chi connectivity index (χ1n) is 5.01. The van der Waals surface area contributed by atoms with Crippen molar-refractivity contribution >= 4 is 9.84 Å². The second kappa shape index (κ2) is 6.98. The molecule has 0 amide bonds. The highest BCUT2D eigenvalue weighted by Gasteiger charge is 2.13. The van der Waals surface area contributed by atoms with Gasteiger partial charge in [-0.1, -0.05) is 13.0 Å². The van der Waals surface area contributed by atoms with Gasteiger partial charge in [-0.05, 0) is 5.92 Å². The van der Waals surface area contributed by atoms with E-state index in [1.54, 1.807) is 6.08 Å². The van der Waals surface area contributed by atoms with Crippen LogP contribution in [0.5, 0.6) is 0 Å². The molecular weight excluding hydrogens is 214 g/mol. The number of hydrogen-bond donors (Lipinski definition) is 1. The van der Waals surface area contributed by atoms with E-state index < -0.39 is 9.84 Å². The molecule has 0 spiro atoms. The molecule has 0 aromatic rings. The van der Waals surface area contributed by atoms with E-state index in [1.807, 2.05) is 11.8 Å². The molecular formula is C10H21NO3S. The second-order valence-corrected chi connectivity index (χ2v) is 6.15. The lowest BCUT2D eigenvalue weighted by molar-refractivity contribution is 0.195. The summed E-state index contributed by atoms with van der Waals surface area (Å²) in [6, 6.07) is 0. The zero-order valence-electron chi connectivity index (χ0n) is 9.52. The summed E-state index contributed by atoms with van der Waals surface area (Å²) in [5, 5.41) is 8.81. The van der Waals surface area contributed by atoms with Gasteiger partial charge in [-0.2, -0.15) is 0 Å². The van der Waals surface area contributed by atoms with Crippen LogP contribution in [0.4, 0.5) is 0 Å².